The second-order valence-corrected chi connectivity index (χ2v) is 3.90. The van der Waals surface area contributed by atoms with E-state index in [1.165, 1.54) is 16.2 Å². The maximum Gasteiger partial charge on any atom is 0.289 e. The molecule has 2 rings (SSSR count). The molecule has 2 aromatic rings. The number of carbonyl (C=O) groups excluding carboxylic acids is 1. The van der Waals surface area contributed by atoms with Gasteiger partial charge in [-0.15, -0.1) is 0 Å². The van der Waals surface area contributed by atoms with Crippen LogP contribution in [0.25, 0.3) is 10.7 Å². The van der Waals surface area contributed by atoms with Crippen LogP contribution < -0.4 is 4.68 Å². The van der Waals surface area contributed by atoms with Gasteiger partial charge in [-0.3, -0.25) is 4.79 Å². The van der Waals surface area contributed by atoms with Gasteiger partial charge in [0.25, 0.3) is 5.24 Å². The maximum absolute atomic E-state index is 10.6. The quantitative estimate of drug-likeness (QED) is 0.585. The molecule has 0 amide bonds. The number of carbonyl (C=O) groups is 1. The van der Waals surface area contributed by atoms with Crippen LogP contribution in [0.5, 0.6) is 0 Å². The van der Waals surface area contributed by atoms with Gasteiger partial charge in [0.15, 0.2) is 10.7 Å². The van der Waals surface area contributed by atoms with Crippen molar-refractivity contribution >= 4 is 28.4 Å². The normalized spacial score (nSPS) is 10.2. The van der Waals surface area contributed by atoms with Gasteiger partial charge in [-0.2, -0.15) is 0 Å². The summed E-state index contributed by atoms with van der Waals surface area (Å²) in [5, 5.41) is -0.453. The van der Waals surface area contributed by atoms with Crippen molar-refractivity contribution in [1.82, 2.24) is 14.5 Å². The number of rotatable bonds is 3. The summed E-state index contributed by atoms with van der Waals surface area (Å²) in [7, 11) is 0. The smallest absolute Gasteiger partial charge is 0.274 e. The van der Waals surface area contributed by atoms with Crippen LogP contribution in [0.1, 0.15) is 0 Å². The maximum atomic E-state index is 10.6. The van der Waals surface area contributed by atoms with E-state index in [1.807, 2.05) is 0 Å². The number of aromatic nitrogens is 4. The molecule has 0 aliphatic heterocycles. The van der Waals surface area contributed by atoms with Gasteiger partial charge in [-0.05, 0) is 17.7 Å². The van der Waals surface area contributed by atoms with Crippen molar-refractivity contribution < 1.29 is 9.48 Å². The van der Waals surface area contributed by atoms with Crippen molar-refractivity contribution in [2.24, 2.45) is 0 Å². The summed E-state index contributed by atoms with van der Waals surface area (Å²) in [6, 6.07) is 1.74. The molecule has 0 unspecified atom stereocenters. The van der Waals surface area contributed by atoms with Gasteiger partial charge in [-0.1, -0.05) is 4.68 Å². The minimum absolute atomic E-state index is 0.0604. The Hall–Kier alpha value is -1.40. The first-order valence-corrected chi connectivity index (χ1v) is 5.23. The number of hydrogen-bond donors (Lipinski definition) is 0. The highest BCUT2D eigenvalue weighted by atomic mass is 35.5. The molecule has 2 aromatic heterocycles. The molecule has 15 heavy (non-hydrogen) atoms. The third kappa shape index (κ3) is 2.54. The van der Waals surface area contributed by atoms with E-state index < -0.39 is 5.24 Å². The van der Waals surface area contributed by atoms with E-state index in [2.05, 4.69) is 14.5 Å². The molecule has 0 atom stereocenters. The molecule has 0 saturated carbocycles. The number of halogens is 1. The Bertz CT molecular complexity index is 473. The molecule has 0 N–H and O–H groups in total. The van der Waals surface area contributed by atoms with Crippen LogP contribution in [0.4, 0.5) is 0 Å². The third-order valence-corrected chi connectivity index (χ3v) is 2.48. The summed E-state index contributed by atoms with van der Waals surface area (Å²) in [6.45, 7) is 0.0604. The molecule has 0 aromatic carbocycles. The molecule has 0 radical (unpaired) electrons. The van der Waals surface area contributed by atoms with Crippen LogP contribution in [-0.4, -0.2) is 19.7 Å². The fraction of sp³-hybridized carbons (Fsp3) is 0.125. The summed E-state index contributed by atoms with van der Waals surface area (Å²) in [5.41, 5.74) is 0. The molecule has 0 saturated heterocycles. The molecule has 0 spiro atoms. The van der Waals surface area contributed by atoms with Gasteiger partial charge in [0.1, 0.15) is 0 Å². The van der Waals surface area contributed by atoms with Crippen molar-refractivity contribution in [1.29, 1.82) is 0 Å². The van der Waals surface area contributed by atoms with Crippen LogP contribution in [0.15, 0.2) is 24.7 Å². The fourth-order valence-electron chi connectivity index (χ4n) is 1.01. The van der Waals surface area contributed by atoms with Crippen molar-refractivity contribution in [3.05, 3.63) is 24.7 Å². The number of nitrogens with zero attached hydrogens (tertiary/aromatic N) is 4. The Kier molecular flexibility index (Phi) is 2.98. The van der Waals surface area contributed by atoms with E-state index in [0.717, 1.165) is 4.88 Å². The second kappa shape index (κ2) is 4.41. The molecule has 0 fully saturated rings. The largest absolute Gasteiger partial charge is 0.289 e. The monoisotopic (exact) mass is 241 g/mol. The highest BCUT2D eigenvalue weighted by Gasteiger charge is 2.15. The summed E-state index contributed by atoms with van der Waals surface area (Å²) in [5.74, 6) is 0.593. The molecular weight excluding hydrogens is 236 g/mol. The van der Waals surface area contributed by atoms with Crippen molar-refractivity contribution in [3.63, 3.8) is 0 Å². The third-order valence-electron chi connectivity index (χ3n) is 1.58. The zero-order valence-electron chi connectivity index (χ0n) is 7.50. The Morgan fingerprint density at radius 1 is 1.47 bits per heavy atom. The van der Waals surface area contributed by atoms with Gasteiger partial charge in [0, 0.05) is 23.9 Å². The molecule has 76 valence electrons. The predicted octanol–water partition coefficient (Wildman–Crippen LogP) is 0.653. The second-order valence-electron chi connectivity index (χ2n) is 2.69. The average molecular weight is 242 g/mol. The zero-order chi connectivity index (χ0) is 10.7. The summed E-state index contributed by atoms with van der Waals surface area (Å²) in [4.78, 5) is 19.6. The molecule has 0 aliphatic rings. The SMILES string of the molecule is O=C(Cl)C[n+]1cc(-c2ncccn2)sn1. The first-order chi connectivity index (χ1) is 7.25. The van der Waals surface area contributed by atoms with Gasteiger partial charge >= 0.3 is 0 Å². The standard InChI is InChI=1S/C8H6ClN4OS/c9-7(14)5-13-4-6(15-12-13)8-10-2-1-3-11-8/h1-4H,5H2/q+1. The van der Waals surface area contributed by atoms with E-state index >= 15 is 0 Å². The van der Waals surface area contributed by atoms with E-state index in [9.17, 15) is 4.79 Å². The van der Waals surface area contributed by atoms with Crippen LogP contribution in [0, 0.1) is 0 Å². The molecule has 5 nitrogen and oxygen atoms in total. The Morgan fingerprint density at radius 2 is 2.20 bits per heavy atom. The van der Waals surface area contributed by atoms with Gasteiger partial charge in [0.2, 0.25) is 12.7 Å². The average Bonchev–Trinajstić information content (AvgIpc) is 2.67. The first kappa shape index (κ1) is 10.1. The van der Waals surface area contributed by atoms with E-state index in [0.29, 0.717) is 5.82 Å². The lowest BCUT2D eigenvalue weighted by atomic mass is 10.5. The van der Waals surface area contributed by atoms with Crippen LogP contribution in [-0.2, 0) is 11.3 Å². The lowest BCUT2D eigenvalue weighted by Gasteiger charge is -1.87. The van der Waals surface area contributed by atoms with Crippen LogP contribution >= 0.6 is 23.1 Å². The van der Waals surface area contributed by atoms with E-state index in [4.69, 9.17) is 11.6 Å². The van der Waals surface area contributed by atoms with E-state index in [-0.39, 0.29) is 6.54 Å². The number of hydrogen-bond acceptors (Lipinski definition) is 5. The lowest BCUT2D eigenvalue weighted by Crippen LogP contribution is -2.37. The fourth-order valence-corrected chi connectivity index (χ4v) is 1.78. The van der Waals surface area contributed by atoms with Gasteiger partial charge in [0.05, 0.1) is 4.49 Å². The minimum Gasteiger partial charge on any atom is -0.274 e. The minimum atomic E-state index is -0.453. The van der Waals surface area contributed by atoms with E-state index in [1.54, 1.807) is 24.7 Å². The highest BCUT2D eigenvalue weighted by Crippen LogP contribution is 2.14. The summed E-state index contributed by atoms with van der Waals surface area (Å²) >= 11 is 6.46. The Morgan fingerprint density at radius 3 is 2.87 bits per heavy atom. The zero-order valence-corrected chi connectivity index (χ0v) is 9.07. The van der Waals surface area contributed by atoms with Gasteiger partial charge < -0.3 is 0 Å². The topological polar surface area (TPSA) is 59.6 Å². The van der Waals surface area contributed by atoms with Crippen LogP contribution in [0.2, 0.25) is 0 Å². The highest BCUT2D eigenvalue weighted by molar-refractivity contribution is 7.08. The molecule has 2 heterocycles. The Labute approximate surface area is 94.5 Å². The molecule has 0 bridgehead atoms. The molecule has 0 aliphatic carbocycles. The summed E-state index contributed by atoms with van der Waals surface area (Å²) in [6.07, 6.45) is 5.00. The van der Waals surface area contributed by atoms with Crippen molar-refractivity contribution in [3.8, 4) is 10.7 Å². The molecular formula is C8H6ClN4OS+. The lowest BCUT2D eigenvalue weighted by molar-refractivity contribution is -0.733. The van der Waals surface area contributed by atoms with Crippen LogP contribution in [0.3, 0.4) is 0 Å². The molecule has 7 heteroatoms. The Balaban J connectivity index is 2.24. The van der Waals surface area contributed by atoms with Crippen molar-refractivity contribution in [2.45, 2.75) is 6.54 Å². The predicted molar refractivity (Wildman–Crippen MR) is 54.2 cm³/mol. The first-order valence-electron chi connectivity index (χ1n) is 4.08. The van der Waals surface area contributed by atoms with Crippen molar-refractivity contribution in [2.75, 3.05) is 0 Å². The van der Waals surface area contributed by atoms with Gasteiger partial charge in [-0.25, -0.2) is 9.97 Å². The summed E-state index contributed by atoms with van der Waals surface area (Å²) < 4.78 is 5.47.